The zero-order valence-electron chi connectivity index (χ0n) is 16.5. The van der Waals surface area contributed by atoms with E-state index in [-0.39, 0.29) is 12.3 Å². The van der Waals surface area contributed by atoms with E-state index in [1.54, 1.807) is 18.2 Å². The van der Waals surface area contributed by atoms with Gasteiger partial charge >= 0.3 is 0 Å². The quantitative estimate of drug-likeness (QED) is 0.457. The molecule has 5 rings (SSSR count). The molecule has 0 radical (unpaired) electrons. The number of rotatable bonds is 4. The van der Waals surface area contributed by atoms with Crippen molar-refractivity contribution in [3.05, 3.63) is 75.7 Å². The third-order valence-electron chi connectivity index (χ3n) is 5.58. The maximum absolute atomic E-state index is 12.4. The Balaban J connectivity index is 1.40. The molecule has 0 atom stereocenters. The van der Waals surface area contributed by atoms with E-state index in [0.717, 1.165) is 41.5 Å². The van der Waals surface area contributed by atoms with Crippen molar-refractivity contribution in [2.75, 3.05) is 11.1 Å². The summed E-state index contributed by atoms with van der Waals surface area (Å²) in [5.41, 5.74) is 13.0. The van der Waals surface area contributed by atoms with Crippen LogP contribution in [-0.2, 0) is 24.1 Å². The van der Waals surface area contributed by atoms with Crippen LogP contribution in [0.3, 0.4) is 0 Å². The first kappa shape index (κ1) is 19.8. The summed E-state index contributed by atoms with van der Waals surface area (Å²) in [5, 5.41) is 3.70. The van der Waals surface area contributed by atoms with Crippen LogP contribution >= 0.6 is 23.2 Å². The number of fused-ring (bicyclic) bond motifs is 3. The Morgan fingerprint density at radius 2 is 1.87 bits per heavy atom. The minimum Gasteiger partial charge on any atom is -0.382 e. The van der Waals surface area contributed by atoms with Gasteiger partial charge in [-0.3, -0.25) is 4.79 Å². The van der Waals surface area contributed by atoms with Gasteiger partial charge in [-0.2, -0.15) is 0 Å². The van der Waals surface area contributed by atoms with Crippen LogP contribution in [0.2, 0.25) is 10.0 Å². The van der Waals surface area contributed by atoms with Crippen molar-refractivity contribution in [1.82, 2.24) is 14.5 Å². The molecule has 0 saturated heterocycles. The van der Waals surface area contributed by atoms with Gasteiger partial charge in [0.2, 0.25) is 5.91 Å². The highest BCUT2D eigenvalue weighted by molar-refractivity contribution is 6.42. The normalized spacial score (nSPS) is 12.8. The number of nitrogen functional groups attached to an aromatic ring is 1. The molecule has 0 fully saturated rings. The average molecular weight is 452 g/mol. The maximum atomic E-state index is 12.4. The van der Waals surface area contributed by atoms with Crippen molar-refractivity contribution in [3.8, 4) is 5.69 Å². The van der Waals surface area contributed by atoms with Crippen LogP contribution in [0, 0.1) is 0 Å². The highest BCUT2D eigenvalue weighted by atomic mass is 35.5. The number of nitrogens with one attached hydrogen (secondary N) is 1. The second-order valence-corrected chi connectivity index (χ2v) is 8.41. The van der Waals surface area contributed by atoms with E-state index in [9.17, 15) is 4.79 Å². The number of hydrogen-bond acceptors (Lipinski definition) is 4. The van der Waals surface area contributed by atoms with E-state index in [2.05, 4.69) is 19.9 Å². The van der Waals surface area contributed by atoms with E-state index in [4.69, 9.17) is 28.9 Å². The Morgan fingerprint density at radius 3 is 2.65 bits per heavy atom. The number of aryl methyl sites for hydroxylation is 1. The van der Waals surface area contributed by atoms with Crippen molar-refractivity contribution in [1.29, 1.82) is 0 Å². The van der Waals surface area contributed by atoms with Crippen LogP contribution in [0.25, 0.3) is 16.7 Å². The summed E-state index contributed by atoms with van der Waals surface area (Å²) in [5.74, 6) is 0.348. The van der Waals surface area contributed by atoms with Crippen LogP contribution in [0.15, 0.2) is 48.8 Å². The standard InChI is InChI=1S/C23H19Cl2N5O/c24-17-9-6-14(11-18(17)25)29-20(31)10-13-4-7-15(8-5-13)30-19-3-1-2-16(19)21-22(30)23(26)28-12-27-21/h4-9,11-12H,1-3,10H2,(H,29,31)(H2,26,27,28). The summed E-state index contributed by atoms with van der Waals surface area (Å²) in [6.07, 6.45) is 4.87. The third kappa shape index (κ3) is 3.62. The van der Waals surface area contributed by atoms with Gasteiger partial charge < -0.3 is 15.6 Å². The van der Waals surface area contributed by atoms with Crippen LogP contribution in [0.5, 0.6) is 0 Å². The first-order valence-electron chi connectivity index (χ1n) is 9.98. The molecule has 156 valence electrons. The molecular weight excluding hydrogens is 433 g/mol. The van der Waals surface area contributed by atoms with Crippen molar-refractivity contribution >= 4 is 51.6 Å². The fraction of sp³-hybridized carbons (Fsp3) is 0.174. The van der Waals surface area contributed by atoms with Gasteiger partial charge in [-0.25, -0.2) is 9.97 Å². The fourth-order valence-corrected chi connectivity index (χ4v) is 4.51. The topological polar surface area (TPSA) is 85.8 Å². The molecule has 1 amide bonds. The van der Waals surface area contributed by atoms with E-state index in [0.29, 0.717) is 21.6 Å². The summed E-state index contributed by atoms with van der Waals surface area (Å²) >= 11 is 11.9. The predicted molar refractivity (Wildman–Crippen MR) is 124 cm³/mol. The van der Waals surface area contributed by atoms with Crippen LogP contribution in [-0.4, -0.2) is 20.4 Å². The molecule has 31 heavy (non-hydrogen) atoms. The summed E-state index contributed by atoms with van der Waals surface area (Å²) in [6.45, 7) is 0. The van der Waals surface area contributed by atoms with Gasteiger partial charge in [0.05, 0.1) is 22.0 Å². The molecular formula is C23H19Cl2N5O. The molecule has 3 N–H and O–H groups in total. The number of amides is 1. The zero-order chi connectivity index (χ0) is 21.5. The first-order valence-corrected chi connectivity index (χ1v) is 10.7. The Labute approximate surface area is 189 Å². The maximum Gasteiger partial charge on any atom is 0.228 e. The summed E-state index contributed by atoms with van der Waals surface area (Å²) < 4.78 is 2.16. The van der Waals surface area contributed by atoms with E-state index >= 15 is 0 Å². The Morgan fingerprint density at radius 1 is 1.06 bits per heavy atom. The van der Waals surface area contributed by atoms with Gasteiger partial charge in [-0.15, -0.1) is 0 Å². The summed E-state index contributed by atoms with van der Waals surface area (Å²) in [4.78, 5) is 21.1. The van der Waals surface area contributed by atoms with E-state index in [1.165, 1.54) is 17.6 Å². The van der Waals surface area contributed by atoms with Crippen molar-refractivity contribution in [3.63, 3.8) is 0 Å². The van der Waals surface area contributed by atoms with Crippen LogP contribution in [0.1, 0.15) is 23.2 Å². The number of halogens is 2. The largest absolute Gasteiger partial charge is 0.382 e. The molecule has 8 heteroatoms. The highest BCUT2D eigenvalue weighted by Gasteiger charge is 2.25. The molecule has 0 saturated carbocycles. The molecule has 0 unspecified atom stereocenters. The molecule has 6 nitrogen and oxygen atoms in total. The molecule has 1 aliphatic carbocycles. The second kappa shape index (κ2) is 7.87. The molecule has 2 heterocycles. The van der Waals surface area contributed by atoms with Gasteiger partial charge in [0, 0.05) is 17.1 Å². The zero-order valence-corrected chi connectivity index (χ0v) is 18.0. The van der Waals surface area contributed by atoms with Crippen LogP contribution < -0.4 is 11.1 Å². The minimum absolute atomic E-state index is 0.129. The fourth-order valence-electron chi connectivity index (χ4n) is 4.21. The molecule has 2 aromatic carbocycles. The lowest BCUT2D eigenvalue weighted by Crippen LogP contribution is -2.14. The SMILES string of the molecule is Nc1ncnc2c3c(n(-c4ccc(CC(=O)Nc5ccc(Cl)c(Cl)c5)cc4)c12)CCC3. The molecule has 0 bridgehead atoms. The van der Waals surface area contributed by atoms with Gasteiger partial charge in [0.1, 0.15) is 11.8 Å². The van der Waals surface area contributed by atoms with E-state index < -0.39 is 0 Å². The second-order valence-electron chi connectivity index (χ2n) is 7.59. The predicted octanol–water partition coefficient (Wildman–Crippen LogP) is 4.98. The third-order valence-corrected chi connectivity index (χ3v) is 6.32. The number of benzene rings is 2. The number of nitrogens with two attached hydrogens (primary N) is 1. The van der Waals surface area contributed by atoms with Gasteiger partial charge in [0.15, 0.2) is 5.82 Å². The number of anilines is 2. The molecule has 0 aliphatic heterocycles. The summed E-state index contributed by atoms with van der Waals surface area (Å²) in [7, 11) is 0. The number of nitrogens with zero attached hydrogens (tertiary/aromatic N) is 3. The Kier molecular flexibility index (Phi) is 5.04. The number of hydrogen-bond donors (Lipinski definition) is 2. The van der Waals surface area contributed by atoms with E-state index in [1.807, 2.05) is 24.3 Å². The van der Waals surface area contributed by atoms with Gasteiger partial charge in [-0.1, -0.05) is 35.3 Å². The Hall–Kier alpha value is -3.09. The van der Waals surface area contributed by atoms with Crippen molar-refractivity contribution < 1.29 is 4.79 Å². The van der Waals surface area contributed by atoms with Crippen LogP contribution in [0.4, 0.5) is 11.5 Å². The Bertz CT molecular complexity index is 1310. The lowest BCUT2D eigenvalue weighted by molar-refractivity contribution is -0.115. The lowest BCUT2D eigenvalue weighted by Gasteiger charge is -2.11. The molecule has 1 aliphatic rings. The molecule has 4 aromatic rings. The highest BCUT2D eigenvalue weighted by Crippen LogP contribution is 2.36. The number of carbonyl (C=O) groups excluding carboxylic acids is 1. The number of carbonyl (C=O) groups is 1. The van der Waals surface area contributed by atoms with Gasteiger partial charge in [0.25, 0.3) is 0 Å². The lowest BCUT2D eigenvalue weighted by atomic mass is 10.1. The smallest absolute Gasteiger partial charge is 0.228 e. The van der Waals surface area contributed by atoms with Crippen molar-refractivity contribution in [2.45, 2.75) is 25.7 Å². The molecule has 2 aromatic heterocycles. The monoisotopic (exact) mass is 451 g/mol. The number of aromatic nitrogens is 3. The summed E-state index contributed by atoms with van der Waals surface area (Å²) in [6, 6.07) is 12.9. The van der Waals surface area contributed by atoms with Crippen molar-refractivity contribution in [2.24, 2.45) is 0 Å². The average Bonchev–Trinajstić information content (AvgIpc) is 3.33. The molecule has 0 spiro atoms. The first-order chi connectivity index (χ1) is 15.0. The van der Waals surface area contributed by atoms with Gasteiger partial charge in [-0.05, 0) is 60.7 Å². The minimum atomic E-state index is -0.129.